The van der Waals surface area contributed by atoms with Gasteiger partial charge in [0.1, 0.15) is 0 Å². The van der Waals surface area contributed by atoms with Crippen molar-refractivity contribution in [3.63, 3.8) is 0 Å². The molecule has 0 spiro atoms. The number of aryl methyl sites for hydroxylation is 3. The van der Waals surface area contributed by atoms with Crippen LogP contribution in [0.4, 0.5) is 5.69 Å². The first kappa shape index (κ1) is 28.4. The summed E-state index contributed by atoms with van der Waals surface area (Å²) in [7, 11) is 0. The number of nitrogens with one attached hydrogen (secondary N) is 1. The van der Waals surface area contributed by atoms with Crippen molar-refractivity contribution in [2.24, 2.45) is 5.41 Å². The molecule has 0 saturated carbocycles. The van der Waals surface area contributed by atoms with Crippen LogP contribution >= 0.6 is 0 Å². The van der Waals surface area contributed by atoms with Gasteiger partial charge in [0, 0.05) is 17.7 Å². The Balaban J connectivity index is 2.33. The van der Waals surface area contributed by atoms with E-state index in [4.69, 9.17) is 0 Å². The number of hydrogen-bond acceptors (Lipinski definition) is 4. The molecule has 0 fully saturated rings. The van der Waals surface area contributed by atoms with Gasteiger partial charge in [-0.3, -0.25) is 0 Å². The Morgan fingerprint density at radius 3 is 1.91 bits per heavy atom. The summed E-state index contributed by atoms with van der Waals surface area (Å²) in [5.74, 6) is 0. The number of benzene rings is 2. The zero-order valence-electron chi connectivity index (χ0n) is 22.4. The Morgan fingerprint density at radius 1 is 0.853 bits per heavy atom. The number of anilines is 1. The lowest BCUT2D eigenvalue weighted by molar-refractivity contribution is 0.0560. The van der Waals surface area contributed by atoms with Crippen LogP contribution in [0.25, 0.3) is 0 Å². The van der Waals surface area contributed by atoms with Gasteiger partial charge in [-0.2, -0.15) is 0 Å². The Labute approximate surface area is 207 Å². The fraction of sp³-hybridized carbons (Fsp3) is 0.600. The maximum atomic E-state index is 10.5. The van der Waals surface area contributed by atoms with E-state index in [9.17, 15) is 15.3 Å². The lowest BCUT2D eigenvalue weighted by Gasteiger charge is -2.34. The second-order valence-electron chi connectivity index (χ2n) is 10.9. The van der Waals surface area contributed by atoms with Gasteiger partial charge in [0.25, 0.3) is 0 Å². The van der Waals surface area contributed by atoms with Crippen molar-refractivity contribution in [2.45, 2.75) is 98.1 Å². The summed E-state index contributed by atoms with van der Waals surface area (Å²) >= 11 is 0. The van der Waals surface area contributed by atoms with E-state index in [1.165, 1.54) is 22.3 Å². The largest absolute Gasteiger partial charge is 0.396 e. The summed E-state index contributed by atoms with van der Waals surface area (Å²) in [6.45, 7) is 15.1. The average Bonchev–Trinajstić information content (AvgIpc) is 2.80. The first-order chi connectivity index (χ1) is 16.0. The molecule has 0 aromatic heterocycles. The second-order valence-corrected chi connectivity index (χ2v) is 10.9. The van der Waals surface area contributed by atoms with Crippen LogP contribution in [0.5, 0.6) is 0 Å². The topological polar surface area (TPSA) is 72.7 Å². The van der Waals surface area contributed by atoms with Crippen LogP contribution in [0.2, 0.25) is 0 Å². The van der Waals surface area contributed by atoms with Crippen molar-refractivity contribution in [1.29, 1.82) is 0 Å². The third-order valence-electron chi connectivity index (χ3n) is 7.63. The molecule has 2 aromatic rings. The molecular formula is C30H47NO3. The molecule has 0 heterocycles. The minimum absolute atomic E-state index is 0.00594. The van der Waals surface area contributed by atoms with Crippen LogP contribution in [0, 0.1) is 19.3 Å². The van der Waals surface area contributed by atoms with Gasteiger partial charge in [-0.15, -0.1) is 0 Å². The maximum Gasteiger partial charge on any atom is 0.0633 e. The van der Waals surface area contributed by atoms with Crippen LogP contribution in [-0.4, -0.2) is 40.7 Å². The van der Waals surface area contributed by atoms with Crippen molar-refractivity contribution in [1.82, 2.24) is 0 Å². The lowest BCUT2D eigenvalue weighted by Crippen LogP contribution is -2.28. The van der Waals surface area contributed by atoms with E-state index in [2.05, 4.69) is 90.2 Å². The third-order valence-corrected chi connectivity index (χ3v) is 7.63. The second kappa shape index (κ2) is 12.2. The Bertz CT molecular complexity index is 912. The average molecular weight is 470 g/mol. The fourth-order valence-corrected chi connectivity index (χ4v) is 4.94. The molecule has 2 unspecified atom stereocenters. The van der Waals surface area contributed by atoms with E-state index >= 15 is 0 Å². The smallest absolute Gasteiger partial charge is 0.0633 e. The van der Waals surface area contributed by atoms with Crippen LogP contribution in [0.1, 0.15) is 88.1 Å². The molecule has 34 heavy (non-hydrogen) atoms. The lowest BCUT2D eigenvalue weighted by atomic mass is 9.69. The molecule has 0 saturated heterocycles. The highest BCUT2D eigenvalue weighted by atomic mass is 16.3. The molecule has 2 rings (SSSR count). The molecule has 0 aliphatic rings. The molecule has 0 amide bonds. The Hall–Kier alpha value is -1.88. The van der Waals surface area contributed by atoms with E-state index < -0.39 is 0 Å². The van der Waals surface area contributed by atoms with Crippen molar-refractivity contribution in [3.8, 4) is 0 Å². The summed E-state index contributed by atoms with van der Waals surface area (Å²) in [5.41, 5.74) is 7.21. The third kappa shape index (κ3) is 6.62. The molecule has 4 nitrogen and oxygen atoms in total. The minimum atomic E-state index is -0.310. The molecule has 2 atom stereocenters. The molecule has 4 N–H and O–H groups in total. The summed E-state index contributed by atoms with van der Waals surface area (Å²) in [5, 5.41) is 32.7. The molecule has 0 aliphatic carbocycles. The summed E-state index contributed by atoms with van der Waals surface area (Å²) in [6.07, 6.45) is 3.87. The van der Waals surface area contributed by atoms with Gasteiger partial charge in [0.2, 0.25) is 0 Å². The van der Waals surface area contributed by atoms with Crippen molar-refractivity contribution >= 4 is 5.69 Å². The number of aliphatic hydroxyl groups is 3. The van der Waals surface area contributed by atoms with Gasteiger partial charge in [-0.1, -0.05) is 65.0 Å². The van der Waals surface area contributed by atoms with Crippen molar-refractivity contribution in [3.05, 3.63) is 64.2 Å². The monoisotopic (exact) mass is 469 g/mol. The van der Waals surface area contributed by atoms with Crippen molar-refractivity contribution < 1.29 is 15.3 Å². The number of hydrogen-bond donors (Lipinski definition) is 4. The van der Waals surface area contributed by atoms with E-state index in [0.29, 0.717) is 6.42 Å². The highest BCUT2D eigenvalue weighted by Crippen LogP contribution is 2.41. The van der Waals surface area contributed by atoms with Gasteiger partial charge in [0.15, 0.2) is 0 Å². The standard InChI is InChI=1S/C30H47NO3/c1-8-30(9-2,25-13-14-27(22(4)19-25)31-26(20-33)16-17-32)24-12-10-23(21(3)18-24)11-15-28(34)29(5,6)7/h10,12-14,18-19,26,28,31-34H,8-9,11,15-17,20H2,1-7H3. The zero-order valence-corrected chi connectivity index (χ0v) is 22.4. The SMILES string of the molecule is CCC(CC)(c1ccc(CCC(O)C(C)(C)C)c(C)c1)c1ccc(NC(CO)CCO)c(C)c1. The first-order valence-corrected chi connectivity index (χ1v) is 12.9. The predicted molar refractivity (Wildman–Crippen MR) is 144 cm³/mol. The summed E-state index contributed by atoms with van der Waals surface area (Å²) in [4.78, 5) is 0. The molecule has 0 bridgehead atoms. The van der Waals surface area contributed by atoms with Crippen molar-refractivity contribution in [2.75, 3.05) is 18.5 Å². The highest BCUT2D eigenvalue weighted by Gasteiger charge is 2.31. The zero-order chi connectivity index (χ0) is 25.5. The summed E-state index contributed by atoms with van der Waals surface area (Å²) in [6, 6.07) is 13.3. The molecule has 190 valence electrons. The Kier molecular flexibility index (Phi) is 10.2. The first-order valence-electron chi connectivity index (χ1n) is 12.9. The fourth-order valence-electron chi connectivity index (χ4n) is 4.94. The molecule has 0 radical (unpaired) electrons. The van der Waals surface area contributed by atoms with E-state index in [1.807, 2.05) is 0 Å². The number of rotatable bonds is 12. The van der Waals surface area contributed by atoms with E-state index in [0.717, 1.165) is 36.9 Å². The predicted octanol–water partition coefficient (Wildman–Crippen LogP) is 5.90. The molecule has 4 heteroatoms. The maximum absolute atomic E-state index is 10.5. The van der Waals surface area contributed by atoms with E-state index in [1.54, 1.807) is 0 Å². The minimum Gasteiger partial charge on any atom is -0.396 e. The van der Waals surface area contributed by atoms with Gasteiger partial charge in [0.05, 0.1) is 18.8 Å². The molecule has 2 aromatic carbocycles. The van der Waals surface area contributed by atoms with Crippen LogP contribution in [-0.2, 0) is 11.8 Å². The quantitative estimate of drug-likeness (QED) is 0.312. The van der Waals surface area contributed by atoms with Gasteiger partial charge < -0.3 is 20.6 Å². The normalized spacial score (nSPS) is 14.2. The van der Waals surface area contributed by atoms with Crippen LogP contribution < -0.4 is 5.32 Å². The van der Waals surface area contributed by atoms with Gasteiger partial charge >= 0.3 is 0 Å². The molecule has 0 aliphatic heterocycles. The highest BCUT2D eigenvalue weighted by molar-refractivity contribution is 5.55. The van der Waals surface area contributed by atoms with Gasteiger partial charge in [-0.05, 0) is 85.3 Å². The van der Waals surface area contributed by atoms with Crippen LogP contribution in [0.3, 0.4) is 0 Å². The summed E-state index contributed by atoms with van der Waals surface area (Å²) < 4.78 is 0. The molecular weight excluding hydrogens is 422 g/mol. The van der Waals surface area contributed by atoms with E-state index in [-0.39, 0.29) is 36.2 Å². The number of aliphatic hydroxyl groups excluding tert-OH is 3. The van der Waals surface area contributed by atoms with Crippen LogP contribution in [0.15, 0.2) is 36.4 Å². The van der Waals surface area contributed by atoms with Gasteiger partial charge in [-0.25, -0.2) is 0 Å². The Morgan fingerprint density at radius 2 is 1.44 bits per heavy atom.